The summed E-state index contributed by atoms with van der Waals surface area (Å²) < 4.78 is 41.0. The SMILES string of the molecule is CNC(=O)c1ccc(N2CCCC(=O)N(c3cnc(C#N)c(C)c3)C2=S)cc1C(F)(F)F. The van der Waals surface area contributed by atoms with Crippen LogP contribution in [0.1, 0.15) is 40.0 Å². The van der Waals surface area contributed by atoms with Crippen molar-refractivity contribution in [3.05, 3.63) is 52.8 Å². The van der Waals surface area contributed by atoms with E-state index >= 15 is 0 Å². The summed E-state index contributed by atoms with van der Waals surface area (Å²) in [6.45, 7) is 1.87. The molecule has 1 fully saturated rings. The van der Waals surface area contributed by atoms with Crippen LogP contribution in [0, 0.1) is 18.3 Å². The largest absolute Gasteiger partial charge is 0.417 e. The molecule has 1 aliphatic heterocycles. The lowest BCUT2D eigenvalue weighted by molar-refractivity contribution is -0.137. The van der Waals surface area contributed by atoms with E-state index < -0.39 is 23.2 Å². The number of alkyl halides is 3. The molecule has 1 saturated heterocycles. The molecule has 11 heteroatoms. The van der Waals surface area contributed by atoms with E-state index in [0.29, 0.717) is 17.7 Å². The molecule has 0 bridgehead atoms. The second kappa shape index (κ2) is 8.92. The van der Waals surface area contributed by atoms with Crippen molar-refractivity contribution in [2.24, 2.45) is 0 Å². The first kappa shape index (κ1) is 23.1. The van der Waals surface area contributed by atoms with Crippen molar-refractivity contribution >= 4 is 40.5 Å². The molecule has 0 aliphatic carbocycles. The number of pyridine rings is 1. The average molecular weight is 461 g/mol. The molecular formula is C21H18F3N5O2S. The molecule has 2 heterocycles. The number of anilines is 2. The number of carbonyl (C=O) groups excluding carboxylic acids is 2. The maximum Gasteiger partial charge on any atom is 0.417 e. The van der Waals surface area contributed by atoms with Gasteiger partial charge in [0.25, 0.3) is 5.91 Å². The lowest BCUT2D eigenvalue weighted by atomic mass is 10.0. The Hall–Kier alpha value is -3.52. The van der Waals surface area contributed by atoms with Gasteiger partial charge in [-0.15, -0.1) is 0 Å². The molecule has 0 atom stereocenters. The normalized spacial score (nSPS) is 14.8. The van der Waals surface area contributed by atoms with Crippen LogP contribution in [0.4, 0.5) is 24.5 Å². The van der Waals surface area contributed by atoms with Crippen molar-refractivity contribution in [1.82, 2.24) is 10.3 Å². The van der Waals surface area contributed by atoms with Crippen LogP contribution in [0.3, 0.4) is 0 Å². The number of rotatable bonds is 3. The first-order chi connectivity index (χ1) is 15.1. The van der Waals surface area contributed by atoms with E-state index in [9.17, 15) is 22.8 Å². The molecule has 1 aliphatic rings. The number of carbonyl (C=O) groups is 2. The summed E-state index contributed by atoms with van der Waals surface area (Å²) in [5.74, 6) is -1.19. The van der Waals surface area contributed by atoms with Crippen LogP contribution < -0.4 is 15.1 Å². The number of hydrogen-bond donors (Lipinski definition) is 1. The highest BCUT2D eigenvalue weighted by atomic mass is 32.1. The van der Waals surface area contributed by atoms with E-state index in [0.717, 1.165) is 12.1 Å². The molecule has 0 radical (unpaired) electrons. The van der Waals surface area contributed by atoms with Crippen molar-refractivity contribution < 1.29 is 22.8 Å². The van der Waals surface area contributed by atoms with Crippen LogP contribution in [0.25, 0.3) is 0 Å². The molecule has 1 aromatic heterocycles. The molecule has 0 spiro atoms. The van der Waals surface area contributed by atoms with E-state index in [4.69, 9.17) is 17.5 Å². The molecule has 166 valence electrons. The Morgan fingerprint density at radius 1 is 1.28 bits per heavy atom. The highest BCUT2D eigenvalue weighted by Gasteiger charge is 2.37. The Morgan fingerprint density at radius 2 is 2.00 bits per heavy atom. The fourth-order valence-corrected chi connectivity index (χ4v) is 3.79. The van der Waals surface area contributed by atoms with Gasteiger partial charge in [0.1, 0.15) is 11.8 Å². The van der Waals surface area contributed by atoms with E-state index in [1.165, 1.54) is 29.1 Å². The zero-order valence-electron chi connectivity index (χ0n) is 17.2. The third kappa shape index (κ3) is 4.40. The third-order valence-electron chi connectivity index (χ3n) is 4.96. The van der Waals surface area contributed by atoms with Gasteiger partial charge in [0, 0.05) is 25.7 Å². The van der Waals surface area contributed by atoms with Crippen LogP contribution in [0.2, 0.25) is 0 Å². The van der Waals surface area contributed by atoms with E-state index in [1.807, 2.05) is 6.07 Å². The van der Waals surface area contributed by atoms with Gasteiger partial charge in [0.2, 0.25) is 5.91 Å². The zero-order valence-corrected chi connectivity index (χ0v) is 18.0. The van der Waals surface area contributed by atoms with E-state index in [-0.39, 0.29) is 35.4 Å². The second-order valence-corrected chi connectivity index (χ2v) is 7.41. The van der Waals surface area contributed by atoms with Gasteiger partial charge in [0.15, 0.2) is 5.11 Å². The molecule has 2 aromatic rings. The van der Waals surface area contributed by atoms with Crippen LogP contribution in [-0.4, -0.2) is 35.5 Å². The molecular weight excluding hydrogens is 443 g/mol. The average Bonchev–Trinajstić information content (AvgIpc) is 2.89. The third-order valence-corrected chi connectivity index (χ3v) is 5.37. The van der Waals surface area contributed by atoms with Gasteiger partial charge in [-0.2, -0.15) is 18.4 Å². The summed E-state index contributed by atoms with van der Waals surface area (Å²) in [4.78, 5) is 31.3. The van der Waals surface area contributed by atoms with Gasteiger partial charge < -0.3 is 10.2 Å². The minimum absolute atomic E-state index is 0.0146. The van der Waals surface area contributed by atoms with Crippen molar-refractivity contribution in [3.63, 3.8) is 0 Å². The van der Waals surface area contributed by atoms with Gasteiger partial charge in [-0.1, -0.05) is 0 Å². The summed E-state index contributed by atoms with van der Waals surface area (Å²) in [5, 5.41) is 11.3. The van der Waals surface area contributed by atoms with Crippen molar-refractivity contribution in [2.75, 3.05) is 23.4 Å². The lowest BCUT2D eigenvalue weighted by Crippen LogP contribution is -2.44. The van der Waals surface area contributed by atoms with Gasteiger partial charge >= 0.3 is 6.18 Å². The zero-order chi connectivity index (χ0) is 23.6. The monoisotopic (exact) mass is 461 g/mol. The van der Waals surface area contributed by atoms with Gasteiger partial charge in [0.05, 0.1) is 23.0 Å². The van der Waals surface area contributed by atoms with Gasteiger partial charge in [-0.3, -0.25) is 14.5 Å². The highest BCUT2D eigenvalue weighted by molar-refractivity contribution is 7.81. The molecule has 1 N–H and O–H groups in total. The number of thiocarbonyl (C=S) groups is 1. The molecule has 0 unspecified atom stereocenters. The fourth-order valence-electron chi connectivity index (χ4n) is 3.38. The fraction of sp³-hybridized carbons (Fsp3) is 0.286. The Morgan fingerprint density at radius 3 is 2.59 bits per heavy atom. The number of hydrogen-bond acceptors (Lipinski definition) is 5. The van der Waals surface area contributed by atoms with Gasteiger partial charge in [-0.05, 0) is 55.4 Å². The van der Waals surface area contributed by atoms with Crippen LogP contribution >= 0.6 is 12.2 Å². The standard InChI is InChI=1S/C21H18F3N5O2S/c1-12-8-14(11-27-17(12)10-25)29-18(30)4-3-7-28(20(29)32)13-5-6-15(19(31)26-2)16(9-13)21(22,23)24/h5-6,8-9,11H,3-4,7H2,1-2H3,(H,26,31). The summed E-state index contributed by atoms with van der Waals surface area (Å²) >= 11 is 5.50. The van der Waals surface area contributed by atoms with Crippen molar-refractivity contribution in [2.45, 2.75) is 25.9 Å². The van der Waals surface area contributed by atoms with E-state index in [2.05, 4.69) is 10.3 Å². The van der Waals surface area contributed by atoms with Gasteiger partial charge in [-0.25, -0.2) is 4.98 Å². The number of aryl methyl sites for hydroxylation is 1. The predicted molar refractivity (Wildman–Crippen MR) is 115 cm³/mol. The lowest BCUT2D eigenvalue weighted by Gasteiger charge is -2.30. The summed E-state index contributed by atoms with van der Waals surface area (Å²) in [6.07, 6.45) is -2.96. The van der Waals surface area contributed by atoms with E-state index in [1.54, 1.807) is 13.0 Å². The quantitative estimate of drug-likeness (QED) is 0.704. The number of amides is 2. The minimum atomic E-state index is -4.77. The summed E-state index contributed by atoms with van der Waals surface area (Å²) in [5.41, 5.74) is -0.460. The smallest absolute Gasteiger partial charge is 0.355 e. The number of nitrogens with one attached hydrogen (secondary N) is 1. The Labute approximate surface area is 187 Å². The predicted octanol–water partition coefficient (Wildman–Crippen LogP) is 3.56. The Kier molecular flexibility index (Phi) is 6.45. The minimum Gasteiger partial charge on any atom is -0.355 e. The van der Waals surface area contributed by atoms with Crippen LogP contribution in [-0.2, 0) is 11.0 Å². The Balaban J connectivity index is 2.07. The van der Waals surface area contributed by atoms with Crippen LogP contribution in [0.5, 0.6) is 0 Å². The number of nitriles is 1. The molecule has 0 saturated carbocycles. The number of aromatic nitrogens is 1. The number of benzene rings is 1. The number of nitrogens with zero attached hydrogens (tertiary/aromatic N) is 4. The Bertz CT molecular complexity index is 1140. The maximum absolute atomic E-state index is 13.7. The topological polar surface area (TPSA) is 89.3 Å². The van der Waals surface area contributed by atoms with Crippen molar-refractivity contribution in [1.29, 1.82) is 5.26 Å². The molecule has 32 heavy (non-hydrogen) atoms. The molecule has 2 amide bonds. The molecule has 1 aromatic carbocycles. The second-order valence-electron chi connectivity index (χ2n) is 7.04. The summed E-state index contributed by atoms with van der Waals surface area (Å²) in [7, 11) is 1.25. The first-order valence-electron chi connectivity index (χ1n) is 9.53. The first-order valence-corrected chi connectivity index (χ1v) is 9.93. The molecule has 7 nitrogen and oxygen atoms in total. The molecule has 3 rings (SSSR count). The number of halogens is 3. The maximum atomic E-state index is 13.7. The summed E-state index contributed by atoms with van der Waals surface area (Å²) in [6, 6.07) is 6.82. The van der Waals surface area contributed by atoms with Crippen LogP contribution in [0.15, 0.2) is 30.5 Å². The van der Waals surface area contributed by atoms with Crippen molar-refractivity contribution in [3.8, 4) is 6.07 Å². The highest BCUT2D eigenvalue weighted by Crippen LogP contribution is 2.36.